The van der Waals surface area contributed by atoms with Crippen molar-refractivity contribution in [3.8, 4) is 0 Å². The van der Waals surface area contributed by atoms with E-state index in [9.17, 15) is 0 Å². The normalized spacial score (nSPS) is 20.5. The maximum absolute atomic E-state index is 3.34. The lowest BCUT2D eigenvalue weighted by atomic mass is 9.91. The Morgan fingerprint density at radius 2 is 1.35 bits per heavy atom. The molecule has 1 saturated carbocycles. The lowest BCUT2D eigenvalue weighted by molar-refractivity contribution is 0.449. The highest BCUT2D eigenvalue weighted by molar-refractivity contribution is 5.84. The van der Waals surface area contributed by atoms with Crippen LogP contribution in [-0.4, -0.2) is 13.1 Å². The van der Waals surface area contributed by atoms with Crippen LogP contribution in [0.5, 0.6) is 0 Å². The van der Waals surface area contributed by atoms with Gasteiger partial charge >= 0.3 is 0 Å². The Morgan fingerprint density at radius 3 is 1.82 bits per heavy atom. The lowest BCUT2D eigenvalue weighted by Crippen LogP contribution is -2.39. The van der Waals surface area contributed by atoms with Gasteiger partial charge in [-0.25, -0.2) is 0 Å². The number of nitrogens with one attached hydrogen (secondary N) is 1. The molecule has 1 saturated heterocycles. The SMILES string of the molecule is c1cc2cc(C3CNC3)ccc2cc1C1CC1. The van der Waals surface area contributed by atoms with Gasteiger partial charge in [0.25, 0.3) is 0 Å². The average molecular weight is 223 g/mol. The van der Waals surface area contributed by atoms with Crippen molar-refractivity contribution < 1.29 is 0 Å². The Bertz CT molecular complexity index is 565. The van der Waals surface area contributed by atoms with E-state index in [4.69, 9.17) is 0 Å². The van der Waals surface area contributed by atoms with Crippen molar-refractivity contribution in [2.24, 2.45) is 0 Å². The van der Waals surface area contributed by atoms with Crippen LogP contribution < -0.4 is 5.32 Å². The molecule has 1 nitrogen and oxygen atoms in total. The van der Waals surface area contributed by atoms with Crippen LogP contribution in [0, 0.1) is 0 Å². The van der Waals surface area contributed by atoms with Crippen molar-refractivity contribution in [2.75, 3.05) is 13.1 Å². The number of benzene rings is 2. The molecule has 1 heterocycles. The summed E-state index contributed by atoms with van der Waals surface area (Å²) in [7, 11) is 0. The number of fused-ring (bicyclic) bond motifs is 1. The summed E-state index contributed by atoms with van der Waals surface area (Å²) in [5, 5.41) is 6.15. The first-order chi connectivity index (χ1) is 8.40. The molecule has 4 rings (SSSR count). The van der Waals surface area contributed by atoms with Gasteiger partial charge in [0, 0.05) is 19.0 Å². The van der Waals surface area contributed by atoms with E-state index in [1.165, 1.54) is 34.7 Å². The molecule has 0 spiro atoms. The fourth-order valence-corrected chi connectivity index (χ4v) is 2.73. The van der Waals surface area contributed by atoms with Gasteiger partial charge in [-0.05, 0) is 40.7 Å². The lowest BCUT2D eigenvalue weighted by Gasteiger charge is -2.27. The summed E-state index contributed by atoms with van der Waals surface area (Å²) in [6.07, 6.45) is 2.77. The zero-order chi connectivity index (χ0) is 11.2. The first-order valence-corrected chi connectivity index (χ1v) is 6.64. The van der Waals surface area contributed by atoms with Crippen LogP contribution >= 0.6 is 0 Å². The molecule has 86 valence electrons. The summed E-state index contributed by atoms with van der Waals surface area (Å²) < 4.78 is 0. The Labute approximate surface area is 102 Å². The standard InChI is InChI=1S/C16H17N/c1-2-11(1)12-3-4-14-8-15(16-9-17-10-16)6-5-13(14)7-12/h3-8,11,16-17H,1-2,9-10H2. The Balaban J connectivity index is 1.76. The third-order valence-corrected chi connectivity index (χ3v) is 4.19. The summed E-state index contributed by atoms with van der Waals surface area (Å²) >= 11 is 0. The summed E-state index contributed by atoms with van der Waals surface area (Å²) in [6, 6.07) is 14.0. The molecule has 1 heteroatoms. The number of hydrogen-bond acceptors (Lipinski definition) is 1. The molecule has 0 unspecified atom stereocenters. The van der Waals surface area contributed by atoms with E-state index in [1.54, 1.807) is 0 Å². The van der Waals surface area contributed by atoms with Crippen molar-refractivity contribution in [3.05, 3.63) is 47.5 Å². The fourth-order valence-electron chi connectivity index (χ4n) is 2.73. The predicted octanol–water partition coefficient (Wildman–Crippen LogP) is 3.40. The Morgan fingerprint density at radius 1 is 0.765 bits per heavy atom. The molecule has 2 aromatic rings. The summed E-state index contributed by atoms with van der Waals surface area (Å²) in [4.78, 5) is 0. The Kier molecular flexibility index (Phi) is 2.03. The third kappa shape index (κ3) is 1.66. The highest BCUT2D eigenvalue weighted by Crippen LogP contribution is 2.41. The predicted molar refractivity (Wildman–Crippen MR) is 71.5 cm³/mol. The van der Waals surface area contributed by atoms with Crippen LogP contribution in [0.1, 0.15) is 35.8 Å². The van der Waals surface area contributed by atoms with E-state index < -0.39 is 0 Å². The van der Waals surface area contributed by atoms with Crippen LogP contribution in [-0.2, 0) is 0 Å². The molecule has 2 fully saturated rings. The van der Waals surface area contributed by atoms with Crippen molar-refractivity contribution in [2.45, 2.75) is 24.7 Å². The second kappa shape index (κ2) is 3.58. The molecule has 0 radical (unpaired) electrons. The van der Waals surface area contributed by atoms with Crippen LogP contribution in [0.3, 0.4) is 0 Å². The molecule has 0 aromatic heterocycles. The third-order valence-electron chi connectivity index (χ3n) is 4.19. The molecule has 0 atom stereocenters. The van der Waals surface area contributed by atoms with Gasteiger partial charge in [-0.1, -0.05) is 36.4 Å². The quantitative estimate of drug-likeness (QED) is 0.822. The van der Waals surface area contributed by atoms with Gasteiger partial charge in [0.05, 0.1) is 0 Å². The van der Waals surface area contributed by atoms with Crippen LogP contribution in [0.4, 0.5) is 0 Å². The van der Waals surface area contributed by atoms with Gasteiger partial charge in [0.2, 0.25) is 0 Å². The zero-order valence-electron chi connectivity index (χ0n) is 9.95. The highest BCUT2D eigenvalue weighted by Gasteiger charge is 2.23. The minimum absolute atomic E-state index is 0.738. The monoisotopic (exact) mass is 223 g/mol. The van der Waals surface area contributed by atoms with Crippen molar-refractivity contribution in [1.82, 2.24) is 5.32 Å². The van der Waals surface area contributed by atoms with Crippen LogP contribution in [0.25, 0.3) is 10.8 Å². The van der Waals surface area contributed by atoms with Gasteiger partial charge in [-0.15, -0.1) is 0 Å². The molecular formula is C16H17N. The minimum Gasteiger partial charge on any atom is -0.315 e. The van der Waals surface area contributed by atoms with E-state index in [0.717, 1.165) is 24.9 Å². The summed E-state index contributed by atoms with van der Waals surface area (Å²) in [5.74, 6) is 1.59. The number of rotatable bonds is 2. The molecule has 0 amide bonds. The van der Waals surface area contributed by atoms with E-state index in [1.807, 2.05) is 0 Å². The van der Waals surface area contributed by atoms with Gasteiger partial charge < -0.3 is 5.32 Å². The second-order valence-corrected chi connectivity index (χ2v) is 5.50. The topological polar surface area (TPSA) is 12.0 Å². The van der Waals surface area contributed by atoms with Gasteiger partial charge in [0.1, 0.15) is 0 Å². The zero-order valence-corrected chi connectivity index (χ0v) is 9.95. The Hall–Kier alpha value is -1.34. The maximum atomic E-state index is 3.34. The van der Waals surface area contributed by atoms with Crippen molar-refractivity contribution in [1.29, 1.82) is 0 Å². The highest BCUT2D eigenvalue weighted by atomic mass is 14.9. The molecule has 0 bridgehead atoms. The maximum Gasteiger partial charge on any atom is 0.00887 e. The van der Waals surface area contributed by atoms with Crippen molar-refractivity contribution >= 4 is 10.8 Å². The minimum atomic E-state index is 0.738. The molecular weight excluding hydrogens is 206 g/mol. The second-order valence-electron chi connectivity index (χ2n) is 5.50. The van der Waals surface area contributed by atoms with E-state index >= 15 is 0 Å². The van der Waals surface area contributed by atoms with E-state index in [0.29, 0.717) is 0 Å². The largest absolute Gasteiger partial charge is 0.315 e. The van der Waals surface area contributed by atoms with Gasteiger partial charge in [0.15, 0.2) is 0 Å². The van der Waals surface area contributed by atoms with Gasteiger partial charge in [-0.3, -0.25) is 0 Å². The van der Waals surface area contributed by atoms with E-state index in [-0.39, 0.29) is 0 Å². The smallest absolute Gasteiger partial charge is 0.00887 e. The molecule has 1 aliphatic carbocycles. The van der Waals surface area contributed by atoms with Gasteiger partial charge in [-0.2, -0.15) is 0 Å². The first kappa shape index (κ1) is 9.67. The molecule has 17 heavy (non-hydrogen) atoms. The van der Waals surface area contributed by atoms with Crippen LogP contribution in [0.15, 0.2) is 36.4 Å². The first-order valence-electron chi connectivity index (χ1n) is 6.64. The number of hydrogen-bond donors (Lipinski definition) is 1. The summed E-state index contributed by atoms with van der Waals surface area (Å²) in [6.45, 7) is 2.29. The molecule has 2 aromatic carbocycles. The molecule has 2 aliphatic rings. The van der Waals surface area contributed by atoms with E-state index in [2.05, 4.69) is 41.7 Å². The molecule has 1 N–H and O–H groups in total. The van der Waals surface area contributed by atoms with Crippen LogP contribution in [0.2, 0.25) is 0 Å². The van der Waals surface area contributed by atoms with Crippen molar-refractivity contribution in [3.63, 3.8) is 0 Å². The fraction of sp³-hybridized carbons (Fsp3) is 0.375. The summed E-state index contributed by atoms with van der Waals surface area (Å²) in [5.41, 5.74) is 3.03. The molecule has 1 aliphatic heterocycles. The average Bonchev–Trinajstić information content (AvgIpc) is 3.10.